The van der Waals surface area contributed by atoms with E-state index >= 15 is 0 Å². The van der Waals surface area contributed by atoms with E-state index < -0.39 is 11.6 Å². The highest BCUT2D eigenvalue weighted by atomic mass is 32.2. The number of amides is 1. The number of hydrogen-bond donors (Lipinski definition) is 0. The van der Waals surface area contributed by atoms with Gasteiger partial charge in [0.2, 0.25) is 0 Å². The number of fused-ring (bicyclic) bond motifs is 2. The molecular formula is C28H31NO6S2. The van der Waals surface area contributed by atoms with Crippen LogP contribution in [0.1, 0.15) is 52.2 Å². The molecule has 5 rings (SSSR count). The second kappa shape index (κ2) is 10.2. The first-order valence-electron chi connectivity index (χ1n) is 12.5. The summed E-state index contributed by atoms with van der Waals surface area (Å²) >= 11 is 6.94. The highest BCUT2D eigenvalue weighted by Gasteiger charge is 2.48. The quantitative estimate of drug-likeness (QED) is 0.238. The molecule has 0 spiro atoms. The van der Waals surface area contributed by atoms with Gasteiger partial charge in [0.25, 0.3) is 5.91 Å². The van der Waals surface area contributed by atoms with Crippen molar-refractivity contribution in [1.29, 1.82) is 0 Å². The molecule has 37 heavy (non-hydrogen) atoms. The van der Waals surface area contributed by atoms with Gasteiger partial charge in [-0.15, -0.1) is 0 Å². The first-order chi connectivity index (χ1) is 17.6. The molecule has 0 N–H and O–H groups in total. The molecule has 2 saturated carbocycles. The minimum absolute atomic E-state index is 0.0234. The number of carbonyl (C=O) groups is 2. The molecule has 3 unspecified atom stereocenters. The zero-order chi connectivity index (χ0) is 26.3. The highest BCUT2D eigenvalue weighted by molar-refractivity contribution is 8.26. The number of rotatable bonds is 7. The van der Waals surface area contributed by atoms with E-state index in [-0.39, 0.29) is 18.6 Å². The number of benzene rings is 1. The summed E-state index contributed by atoms with van der Waals surface area (Å²) in [6.07, 6.45) is 6.50. The largest absolute Gasteiger partial charge is 0.497 e. The SMILES string of the molecule is COc1cc(OCC(=O)OC(C)(C)C)cc(-c2ccc(C=C3SC(=S)N(C4CC5CCC4C5)C3=O)o2)c1. The summed E-state index contributed by atoms with van der Waals surface area (Å²) in [7, 11) is 1.56. The molecule has 2 aliphatic carbocycles. The fourth-order valence-electron chi connectivity index (χ4n) is 5.44. The number of furan rings is 1. The molecule has 1 aliphatic heterocycles. The minimum atomic E-state index is -0.588. The maximum absolute atomic E-state index is 13.2. The van der Waals surface area contributed by atoms with E-state index in [1.165, 1.54) is 31.0 Å². The first-order valence-corrected chi connectivity index (χ1v) is 13.7. The summed E-state index contributed by atoms with van der Waals surface area (Å²) in [6.45, 7) is 5.19. The molecule has 1 saturated heterocycles. The molecule has 1 amide bonds. The molecule has 2 bridgehead atoms. The number of methoxy groups -OCH3 is 1. The molecule has 0 radical (unpaired) electrons. The lowest BCUT2D eigenvalue weighted by Gasteiger charge is -2.30. The van der Waals surface area contributed by atoms with Gasteiger partial charge in [-0.2, -0.15) is 0 Å². The first kappa shape index (κ1) is 25.9. The maximum Gasteiger partial charge on any atom is 0.344 e. The van der Waals surface area contributed by atoms with E-state index in [1.807, 2.05) is 23.1 Å². The average molecular weight is 542 g/mol. The molecule has 9 heteroatoms. The third-order valence-electron chi connectivity index (χ3n) is 6.93. The average Bonchev–Trinajstić information content (AvgIpc) is 3.62. The van der Waals surface area contributed by atoms with Crippen LogP contribution in [0.3, 0.4) is 0 Å². The van der Waals surface area contributed by atoms with E-state index in [2.05, 4.69) is 0 Å². The van der Waals surface area contributed by atoms with Crippen LogP contribution in [0.2, 0.25) is 0 Å². The van der Waals surface area contributed by atoms with Gasteiger partial charge in [0.15, 0.2) is 6.61 Å². The van der Waals surface area contributed by atoms with Gasteiger partial charge in [-0.1, -0.05) is 30.4 Å². The molecular weight excluding hydrogens is 510 g/mol. The minimum Gasteiger partial charge on any atom is -0.497 e. The number of thioether (sulfide) groups is 1. The summed E-state index contributed by atoms with van der Waals surface area (Å²) in [6, 6.07) is 9.16. The molecule has 3 aliphatic rings. The number of esters is 1. The van der Waals surface area contributed by atoms with Gasteiger partial charge < -0.3 is 18.6 Å². The van der Waals surface area contributed by atoms with Crippen molar-refractivity contribution in [3.05, 3.63) is 41.0 Å². The molecule has 2 aromatic rings. The van der Waals surface area contributed by atoms with E-state index in [1.54, 1.807) is 46.1 Å². The van der Waals surface area contributed by atoms with Gasteiger partial charge >= 0.3 is 5.97 Å². The summed E-state index contributed by atoms with van der Waals surface area (Å²) in [4.78, 5) is 27.7. The van der Waals surface area contributed by atoms with Crippen molar-refractivity contribution >= 4 is 46.3 Å². The zero-order valence-electron chi connectivity index (χ0n) is 21.4. The third-order valence-corrected chi connectivity index (χ3v) is 8.26. The predicted molar refractivity (Wildman–Crippen MR) is 146 cm³/mol. The summed E-state index contributed by atoms with van der Waals surface area (Å²) in [5, 5.41) is 0. The maximum atomic E-state index is 13.2. The smallest absolute Gasteiger partial charge is 0.344 e. The molecule has 7 nitrogen and oxygen atoms in total. The van der Waals surface area contributed by atoms with Crippen LogP contribution >= 0.6 is 24.0 Å². The summed E-state index contributed by atoms with van der Waals surface area (Å²) < 4.78 is 23.1. The van der Waals surface area contributed by atoms with Gasteiger partial charge in [-0.25, -0.2) is 4.79 Å². The van der Waals surface area contributed by atoms with E-state index in [4.69, 9.17) is 30.8 Å². The van der Waals surface area contributed by atoms with Crippen LogP contribution in [0, 0.1) is 11.8 Å². The van der Waals surface area contributed by atoms with Crippen LogP contribution in [0.15, 0.2) is 39.7 Å². The standard InChI is InChI=1S/C28H31NO6S2/c1-28(2,3)35-25(30)15-33-21-12-18(11-20(13-21)32-4)23-8-7-19(34-23)14-24-26(31)29(27(36)37-24)22-10-16-5-6-17(22)9-16/h7-8,11-14,16-17,22H,5-6,9-10,15H2,1-4H3. The lowest BCUT2D eigenvalue weighted by atomic mass is 9.94. The number of ether oxygens (including phenoxy) is 3. The monoisotopic (exact) mass is 541 g/mol. The number of nitrogens with zero attached hydrogens (tertiary/aromatic N) is 1. The van der Waals surface area contributed by atoms with Gasteiger partial charge in [-0.3, -0.25) is 9.69 Å². The van der Waals surface area contributed by atoms with E-state index in [0.717, 1.165) is 12.3 Å². The molecule has 1 aromatic heterocycles. The second-order valence-corrected chi connectivity index (χ2v) is 12.4. The fraction of sp³-hybridized carbons (Fsp3) is 0.464. The zero-order valence-corrected chi connectivity index (χ0v) is 23.1. The van der Waals surface area contributed by atoms with Crippen molar-refractivity contribution in [2.24, 2.45) is 11.8 Å². The van der Waals surface area contributed by atoms with Crippen LogP contribution in [0.4, 0.5) is 0 Å². The number of thiocarbonyl (C=S) groups is 1. The van der Waals surface area contributed by atoms with Crippen molar-refractivity contribution < 1.29 is 28.2 Å². The second-order valence-electron chi connectivity index (χ2n) is 10.8. The van der Waals surface area contributed by atoms with Crippen molar-refractivity contribution in [3.63, 3.8) is 0 Å². The van der Waals surface area contributed by atoms with Gasteiger partial charge in [0.1, 0.15) is 32.9 Å². The van der Waals surface area contributed by atoms with Gasteiger partial charge in [0.05, 0.1) is 12.0 Å². The van der Waals surface area contributed by atoms with E-state index in [9.17, 15) is 9.59 Å². The highest BCUT2D eigenvalue weighted by Crippen LogP contribution is 2.49. The molecule has 2 heterocycles. The van der Waals surface area contributed by atoms with Crippen molar-refractivity contribution in [2.45, 2.75) is 58.1 Å². The lowest BCUT2D eigenvalue weighted by molar-refractivity contribution is -0.157. The summed E-state index contributed by atoms with van der Waals surface area (Å²) in [5.41, 5.74) is 0.128. The Morgan fingerprint density at radius 2 is 1.97 bits per heavy atom. The van der Waals surface area contributed by atoms with Crippen LogP contribution in [-0.2, 0) is 14.3 Å². The van der Waals surface area contributed by atoms with E-state index in [0.29, 0.717) is 43.7 Å². The topological polar surface area (TPSA) is 78.2 Å². The van der Waals surface area contributed by atoms with Gasteiger partial charge in [0, 0.05) is 23.7 Å². The van der Waals surface area contributed by atoms with Crippen LogP contribution in [0.25, 0.3) is 17.4 Å². The fourth-order valence-corrected chi connectivity index (χ4v) is 6.79. The molecule has 1 aromatic carbocycles. The van der Waals surface area contributed by atoms with Crippen molar-refractivity contribution in [1.82, 2.24) is 4.90 Å². The Morgan fingerprint density at radius 1 is 1.19 bits per heavy atom. The van der Waals surface area contributed by atoms with Crippen molar-refractivity contribution in [3.8, 4) is 22.8 Å². The Balaban J connectivity index is 1.30. The molecule has 3 fully saturated rings. The molecule has 196 valence electrons. The lowest BCUT2D eigenvalue weighted by Crippen LogP contribution is -2.41. The number of carbonyl (C=O) groups excluding carboxylic acids is 2. The van der Waals surface area contributed by atoms with Crippen LogP contribution < -0.4 is 9.47 Å². The Kier molecular flexibility index (Phi) is 7.11. The van der Waals surface area contributed by atoms with Crippen molar-refractivity contribution in [2.75, 3.05) is 13.7 Å². The van der Waals surface area contributed by atoms with Crippen LogP contribution in [-0.4, -0.2) is 46.5 Å². The normalized spacial score (nSPS) is 24.3. The Labute approximate surface area is 226 Å². The molecule has 3 atom stereocenters. The summed E-state index contributed by atoms with van der Waals surface area (Å²) in [5.74, 6) is 2.97. The predicted octanol–water partition coefficient (Wildman–Crippen LogP) is 6.07. The Bertz CT molecular complexity index is 1260. The Hall–Kier alpha value is -2.78. The third kappa shape index (κ3) is 5.72. The Morgan fingerprint density at radius 3 is 2.65 bits per heavy atom. The number of hydrogen-bond acceptors (Lipinski definition) is 8. The van der Waals surface area contributed by atoms with Crippen LogP contribution in [0.5, 0.6) is 11.5 Å². The van der Waals surface area contributed by atoms with Gasteiger partial charge in [-0.05, 0) is 76.1 Å².